The van der Waals surface area contributed by atoms with Crippen molar-refractivity contribution in [3.63, 3.8) is 0 Å². The number of aliphatic hydroxyl groups is 1. The molecule has 0 aromatic carbocycles. The highest BCUT2D eigenvalue weighted by Crippen LogP contribution is 2.30. The summed E-state index contributed by atoms with van der Waals surface area (Å²) in [6.07, 6.45) is 5.25. The molecule has 0 spiro atoms. The molecule has 0 radical (unpaired) electrons. The Labute approximate surface area is 115 Å². The Morgan fingerprint density at radius 3 is 2.89 bits per heavy atom. The molecular formula is C15H23N3O. The quantitative estimate of drug-likeness (QED) is 0.881. The second kappa shape index (κ2) is 5.10. The maximum absolute atomic E-state index is 9.69. The maximum Gasteiger partial charge on any atom is 0.128 e. The van der Waals surface area contributed by atoms with Gasteiger partial charge in [-0.1, -0.05) is 0 Å². The summed E-state index contributed by atoms with van der Waals surface area (Å²) in [5, 5.41) is 9.69. The lowest BCUT2D eigenvalue weighted by Gasteiger charge is -2.27. The molecule has 104 valence electrons. The molecule has 19 heavy (non-hydrogen) atoms. The molecule has 3 rings (SSSR count). The fraction of sp³-hybridized carbons (Fsp3) is 0.667. The summed E-state index contributed by atoms with van der Waals surface area (Å²) in [4.78, 5) is 9.41. The van der Waals surface area contributed by atoms with Gasteiger partial charge in [-0.3, -0.25) is 4.90 Å². The van der Waals surface area contributed by atoms with Crippen LogP contribution in [-0.4, -0.2) is 47.2 Å². The van der Waals surface area contributed by atoms with E-state index in [1.165, 1.54) is 19.3 Å². The van der Waals surface area contributed by atoms with Gasteiger partial charge in [-0.25, -0.2) is 4.98 Å². The van der Waals surface area contributed by atoms with Crippen LogP contribution in [0.5, 0.6) is 0 Å². The van der Waals surface area contributed by atoms with E-state index < -0.39 is 6.10 Å². The Balaban J connectivity index is 1.81. The molecule has 0 amide bonds. The third-order valence-electron chi connectivity index (χ3n) is 4.72. The van der Waals surface area contributed by atoms with Gasteiger partial charge in [-0.05, 0) is 50.9 Å². The third-order valence-corrected chi connectivity index (χ3v) is 4.72. The van der Waals surface area contributed by atoms with Crippen molar-refractivity contribution in [3.05, 3.63) is 23.9 Å². The number of hydrogen-bond donors (Lipinski definition) is 1. The zero-order valence-electron chi connectivity index (χ0n) is 11.8. The van der Waals surface area contributed by atoms with Crippen molar-refractivity contribution in [2.75, 3.05) is 25.0 Å². The van der Waals surface area contributed by atoms with E-state index in [4.69, 9.17) is 0 Å². The molecule has 0 aliphatic carbocycles. The Bertz CT molecular complexity index is 449. The van der Waals surface area contributed by atoms with Gasteiger partial charge in [0.05, 0.1) is 6.10 Å². The van der Waals surface area contributed by atoms with Gasteiger partial charge in [0.1, 0.15) is 5.82 Å². The number of aliphatic hydroxyl groups excluding tert-OH is 1. The van der Waals surface area contributed by atoms with Gasteiger partial charge in [-0.2, -0.15) is 0 Å². The number of pyridine rings is 1. The maximum atomic E-state index is 9.69. The number of likely N-dealkylation sites (N-methyl/N-ethyl adjacent to an activating group) is 1. The molecule has 1 aromatic rings. The highest BCUT2D eigenvalue weighted by atomic mass is 16.3. The summed E-state index contributed by atoms with van der Waals surface area (Å²) in [6.45, 7) is 3.93. The van der Waals surface area contributed by atoms with Crippen molar-refractivity contribution in [2.45, 2.75) is 44.4 Å². The highest BCUT2D eigenvalue weighted by Gasteiger charge is 2.34. The zero-order chi connectivity index (χ0) is 13.4. The van der Waals surface area contributed by atoms with Crippen LogP contribution in [0, 0.1) is 0 Å². The van der Waals surface area contributed by atoms with Crippen LogP contribution in [0.25, 0.3) is 0 Å². The van der Waals surface area contributed by atoms with Gasteiger partial charge in [0.2, 0.25) is 0 Å². The number of hydrogen-bond acceptors (Lipinski definition) is 4. The van der Waals surface area contributed by atoms with Gasteiger partial charge in [-0.15, -0.1) is 0 Å². The molecule has 4 nitrogen and oxygen atoms in total. The Hall–Kier alpha value is -1.13. The molecule has 3 atom stereocenters. The van der Waals surface area contributed by atoms with E-state index in [1.807, 2.05) is 18.3 Å². The fourth-order valence-electron chi connectivity index (χ4n) is 3.38. The van der Waals surface area contributed by atoms with E-state index in [1.54, 1.807) is 6.92 Å². The Morgan fingerprint density at radius 1 is 1.32 bits per heavy atom. The van der Waals surface area contributed by atoms with Gasteiger partial charge >= 0.3 is 0 Å². The molecule has 2 saturated heterocycles. The number of aromatic nitrogens is 1. The topological polar surface area (TPSA) is 39.6 Å². The first-order valence-electron chi connectivity index (χ1n) is 7.26. The molecule has 3 heterocycles. The van der Waals surface area contributed by atoms with Crippen LogP contribution >= 0.6 is 0 Å². The first-order valence-corrected chi connectivity index (χ1v) is 7.26. The van der Waals surface area contributed by atoms with E-state index in [9.17, 15) is 5.11 Å². The normalized spacial score (nSPS) is 29.3. The van der Waals surface area contributed by atoms with E-state index in [0.717, 1.165) is 30.5 Å². The van der Waals surface area contributed by atoms with E-state index in [-0.39, 0.29) is 0 Å². The summed E-state index contributed by atoms with van der Waals surface area (Å²) in [5.74, 6) is 1.01. The second-order valence-electron chi connectivity index (χ2n) is 5.91. The molecule has 1 N–H and O–H groups in total. The summed E-state index contributed by atoms with van der Waals surface area (Å²) in [7, 11) is 2.26. The van der Waals surface area contributed by atoms with Crippen LogP contribution in [0.15, 0.2) is 18.3 Å². The summed E-state index contributed by atoms with van der Waals surface area (Å²) >= 11 is 0. The molecule has 2 aliphatic rings. The predicted molar refractivity (Wildman–Crippen MR) is 76.3 cm³/mol. The third kappa shape index (κ3) is 2.47. The first kappa shape index (κ1) is 12.9. The molecular weight excluding hydrogens is 238 g/mol. The van der Waals surface area contributed by atoms with E-state index in [0.29, 0.717) is 6.04 Å². The SMILES string of the molecule is C[C@@H](O)c1ccnc(N2CCC3CCC(C2)N3C)c1. The van der Waals surface area contributed by atoms with Crippen molar-refractivity contribution in [1.82, 2.24) is 9.88 Å². The number of nitrogens with zero attached hydrogens (tertiary/aromatic N) is 3. The lowest BCUT2D eigenvalue weighted by molar-refractivity contribution is 0.199. The minimum atomic E-state index is -0.423. The van der Waals surface area contributed by atoms with Crippen molar-refractivity contribution in [3.8, 4) is 0 Å². The highest BCUT2D eigenvalue weighted by molar-refractivity contribution is 5.42. The average molecular weight is 261 g/mol. The first-order chi connectivity index (χ1) is 9.15. The van der Waals surface area contributed by atoms with Crippen LogP contribution in [0.1, 0.15) is 37.9 Å². The van der Waals surface area contributed by atoms with E-state index in [2.05, 4.69) is 21.8 Å². The number of rotatable bonds is 2. The molecule has 0 saturated carbocycles. The standard InChI is InChI=1S/C15H23N3O/c1-11(19)12-5-7-16-15(9-12)18-8-6-13-3-4-14(10-18)17(13)2/h5,7,9,11,13-14,19H,3-4,6,8,10H2,1-2H3/t11-,13?,14?/m1/s1. The molecule has 2 fully saturated rings. The Morgan fingerprint density at radius 2 is 2.11 bits per heavy atom. The molecule has 4 heteroatoms. The van der Waals surface area contributed by atoms with Gasteiger partial charge in [0.15, 0.2) is 0 Å². The number of anilines is 1. The zero-order valence-corrected chi connectivity index (χ0v) is 11.8. The molecule has 2 bridgehead atoms. The average Bonchev–Trinajstić information content (AvgIpc) is 2.63. The van der Waals surface area contributed by atoms with Crippen LogP contribution in [-0.2, 0) is 0 Å². The predicted octanol–water partition coefficient (Wildman–Crippen LogP) is 1.81. The summed E-state index contributed by atoms with van der Waals surface area (Å²) in [5.41, 5.74) is 0.952. The lowest BCUT2D eigenvalue weighted by Crippen LogP contribution is -2.37. The Kier molecular flexibility index (Phi) is 3.46. The minimum absolute atomic E-state index is 0.423. The van der Waals surface area contributed by atoms with Crippen LogP contribution in [0.4, 0.5) is 5.82 Å². The second-order valence-corrected chi connectivity index (χ2v) is 5.91. The largest absolute Gasteiger partial charge is 0.389 e. The lowest BCUT2D eigenvalue weighted by atomic mass is 10.1. The molecule has 2 aliphatic heterocycles. The van der Waals surface area contributed by atoms with Crippen LogP contribution in [0.3, 0.4) is 0 Å². The molecule has 1 aromatic heterocycles. The molecule has 2 unspecified atom stereocenters. The van der Waals surface area contributed by atoms with E-state index >= 15 is 0 Å². The minimum Gasteiger partial charge on any atom is -0.389 e. The summed E-state index contributed by atoms with van der Waals surface area (Å²) in [6, 6.07) is 5.33. The monoisotopic (exact) mass is 261 g/mol. The van der Waals surface area contributed by atoms with Crippen molar-refractivity contribution >= 4 is 5.82 Å². The van der Waals surface area contributed by atoms with Crippen molar-refractivity contribution in [2.24, 2.45) is 0 Å². The fourth-order valence-corrected chi connectivity index (χ4v) is 3.38. The smallest absolute Gasteiger partial charge is 0.128 e. The van der Waals surface area contributed by atoms with Gasteiger partial charge in [0, 0.05) is 31.4 Å². The van der Waals surface area contributed by atoms with Crippen molar-refractivity contribution < 1.29 is 5.11 Å². The summed E-state index contributed by atoms with van der Waals surface area (Å²) < 4.78 is 0. The van der Waals surface area contributed by atoms with Crippen LogP contribution in [0.2, 0.25) is 0 Å². The van der Waals surface area contributed by atoms with Gasteiger partial charge < -0.3 is 10.0 Å². The van der Waals surface area contributed by atoms with Crippen LogP contribution < -0.4 is 4.90 Å². The number of fused-ring (bicyclic) bond motifs is 2. The van der Waals surface area contributed by atoms with Gasteiger partial charge in [0.25, 0.3) is 0 Å². The van der Waals surface area contributed by atoms with Crippen molar-refractivity contribution in [1.29, 1.82) is 0 Å².